The fourth-order valence-corrected chi connectivity index (χ4v) is 3.36. The predicted molar refractivity (Wildman–Crippen MR) is 95.5 cm³/mol. The van der Waals surface area contributed by atoms with Crippen LogP contribution in [0.3, 0.4) is 0 Å². The van der Waals surface area contributed by atoms with Gasteiger partial charge in [-0.3, -0.25) is 0 Å². The molecule has 0 aliphatic heterocycles. The first kappa shape index (κ1) is 19.3. The number of carbonyl (C=O) groups is 1. The SMILES string of the molecule is CCN(Cc1nc(COC)no1)C(=O)NCc1nncn1C1CCCCC1. The van der Waals surface area contributed by atoms with Crippen molar-refractivity contribution in [2.75, 3.05) is 13.7 Å². The second-order valence-electron chi connectivity index (χ2n) is 6.66. The first-order valence-electron chi connectivity index (χ1n) is 9.42. The van der Waals surface area contributed by atoms with Crippen LogP contribution < -0.4 is 5.32 Å². The van der Waals surface area contributed by atoms with Crippen LogP contribution in [0.25, 0.3) is 0 Å². The Morgan fingerprint density at radius 2 is 2.22 bits per heavy atom. The van der Waals surface area contributed by atoms with Gasteiger partial charge in [-0.05, 0) is 19.8 Å². The molecule has 0 saturated heterocycles. The lowest BCUT2D eigenvalue weighted by molar-refractivity contribution is 0.174. The number of aromatic nitrogens is 5. The molecule has 0 radical (unpaired) electrons. The second kappa shape index (κ2) is 9.45. The van der Waals surface area contributed by atoms with Gasteiger partial charge in [-0.1, -0.05) is 24.4 Å². The third-order valence-electron chi connectivity index (χ3n) is 4.79. The molecule has 10 heteroatoms. The van der Waals surface area contributed by atoms with E-state index in [2.05, 4.69) is 30.2 Å². The van der Waals surface area contributed by atoms with Gasteiger partial charge < -0.3 is 24.0 Å². The van der Waals surface area contributed by atoms with E-state index in [0.29, 0.717) is 30.8 Å². The molecule has 0 aromatic carbocycles. The van der Waals surface area contributed by atoms with Crippen molar-refractivity contribution >= 4 is 6.03 Å². The Labute approximate surface area is 158 Å². The van der Waals surface area contributed by atoms with Gasteiger partial charge in [-0.15, -0.1) is 10.2 Å². The van der Waals surface area contributed by atoms with E-state index in [1.54, 1.807) is 18.3 Å². The number of amides is 2. The van der Waals surface area contributed by atoms with Gasteiger partial charge in [0, 0.05) is 19.7 Å². The highest BCUT2D eigenvalue weighted by Gasteiger charge is 2.20. The van der Waals surface area contributed by atoms with Crippen LogP contribution >= 0.6 is 0 Å². The molecule has 27 heavy (non-hydrogen) atoms. The van der Waals surface area contributed by atoms with Crippen molar-refractivity contribution in [3.05, 3.63) is 23.9 Å². The summed E-state index contributed by atoms with van der Waals surface area (Å²) in [4.78, 5) is 18.3. The molecule has 0 unspecified atom stereocenters. The van der Waals surface area contributed by atoms with Gasteiger partial charge in [0.25, 0.3) is 0 Å². The molecule has 0 spiro atoms. The molecule has 2 aromatic heterocycles. The molecule has 3 rings (SSSR count). The van der Waals surface area contributed by atoms with Crippen molar-refractivity contribution < 1.29 is 14.1 Å². The summed E-state index contributed by atoms with van der Waals surface area (Å²) in [6.45, 7) is 3.28. The Kier molecular flexibility index (Phi) is 6.74. The summed E-state index contributed by atoms with van der Waals surface area (Å²) in [6.07, 6.45) is 7.80. The van der Waals surface area contributed by atoms with E-state index in [9.17, 15) is 4.79 Å². The van der Waals surface area contributed by atoms with Crippen molar-refractivity contribution in [2.24, 2.45) is 0 Å². The van der Waals surface area contributed by atoms with Crippen LogP contribution in [0, 0.1) is 0 Å². The maximum atomic E-state index is 12.5. The first-order chi connectivity index (χ1) is 13.2. The molecular formula is C17H27N7O3. The molecule has 10 nitrogen and oxygen atoms in total. The maximum absolute atomic E-state index is 12.5. The van der Waals surface area contributed by atoms with Crippen LogP contribution in [0.1, 0.15) is 62.6 Å². The minimum atomic E-state index is -0.206. The van der Waals surface area contributed by atoms with Gasteiger partial charge in [0.05, 0.1) is 6.54 Å². The van der Waals surface area contributed by atoms with Gasteiger partial charge in [-0.2, -0.15) is 4.98 Å². The highest BCUT2D eigenvalue weighted by Crippen LogP contribution is 2.28. The monoisotopic (exact) mass is 377 g/mol. The smallest absolute Gasteiger partial charge is 0.318 e. The zero-order chi connectivity index (χ0) is 19.1. The summed E-state index contributed by atoms with van der Waals surface area (Å²) in [5.41, 5.74) is 0. The minimum Gasteiger partial charge on any atom is -0.377 e. The van der Waals surface area contributed by atoms with Crippen molar-refractivity contribution in [3.63, 3.8) is 0 Å². The zero-order valence-corrected chi connectivity index (χ0v) is 15.9. The van der Waals surface area contributed by atoms with Crippen LogP contribution in [-0.2, 0) is 24.4 Å². The lowest BCUT2D eigenvalue weighted by Crippen LogP contribution is -2.39. The van der Waals surface area contributed by atoms with Crippen molar-refractivity contribution in [3.8, 4) is 0 Å². The van der Waals surface area contributed by atoms with E-state index in [0.717, 1.165) is 18.7 Å². The summed E-state index contributed by atoms with van der Waals surface area (Å²) >= 11 is 0. The lowest BCUT2D eigenvalue weighted by Gasteiger charge is -2.24. The average molecular weight is 377 g/mol. The number of nitrogens with zero attached hydrogens (tertiary/aromatic N) is 6. The van der Waals surface area contributed by atoms with Gasteiger partial charge in [-0.25, -0.2) is 4.79 Å². The highest BCUT2D eigenvalue weighted by molar-refractivity contribution is 5.73. The fraction of sp³-hybridized carbons (Fsp3) is 0.706. The Morgan fingerprint density at radius 1 is 1.41 bits per heavy atom. The largest absolute Gasteiger partial charge is 0.377 e. The molecule has 1 N–H and O–H groups in total. The van der Waals surface area contributed by atoms with E-state index in [-0.39, 0.29) is 19.2 Å². The summed E-state index contributed by atoms with van der Waals surface area (Å²) in [6, 6.07) is 0.225. The molecule has 2 amide bonds. The number of rotatable bonds is 8. The number of carbonyl (C=O) groups excluding carboxylic acids is 1. The van der Waals surface area contributed by atoms with Gasteiger partial charge in [0.15, 0.2) is 11.6 Å². The molecule has 0 bridgehead atoms. The Hall–Kier alpha value is -2.49. The topological polar surface area (TPSA) is 111 Å². The summed E-state index contributed by atoms with van der Waals surface area (Å²) in [7, 11) is 1.56. The summed E-state index contributed by atoms with van der Waals surface area (Å²) in [5.74, 6) is 1.63. The number of hydrogen-bond donors (Lipinski definition) is 1. The Bertz CT molecular complexity index is 724. The van der Waals surface area contributed by atoms with Crippen molar-refractivity contribution in [2.45, 2.75) is 64.8 Å². The number of hydrogen-bond acceptors (Lipinski definition) is 7. The van der Waals surface area contributed by atoms with E-state index >= 15 is 0 Å². The maximum Gasteiger partial charge on any atom is 0.318 e. The summed E-state index contributed by atoms with van der Waals surface area (Å²) < 4.78 is 12.2. The van der Waals surface area contributed by atoms with E-state index in [1.165, 1.54) is 19.3 Å². The van der Waals surface area contributed by atoms with Crippen molar-refractivity contribution in [1.29, 1.82) is 0 Å². The molecule has 148 valence electrons. The number of methoxy groups -OCH3 is 1. The predicted octanol–water partition coefficient (Wildman–Crippen LogP) is 2.04. The molecule has 1 fully saturated rings. The average Bonchev–Trinajstić information content (AvgIpc) is 3.34. The highest BCUT2D eigenvalue weighted by atomic mass is 16.5. The molecule has 0 atom stereocenters. The van der Waals surface area contributed by atoms with Crippen LogP contribution in [0.15, 0.2) is 10.9 Å². The molecule has 1 aliphatic carbocycles. The molecular weight excluding hydrogens is 350 g/mol. The van der Waals surface area contributed by atoms with Gasteiger partial charge in [0.1, 0.15) is 19.5 Å². The Balaban J connectivity index is 1.55. The van der Waals surface area contributed by atoms with Crippen LogP contribution in [0.4, 0.5) is 4.79 Å². The van der Waals surface area contributed by atoms with Crippen LogP contribution in [0.2, 0.25) is 0 Å². The zero-order valence-electron chi connectivity index (χ0n) is 15.9. The van der Waals surface area contributed by atoms with Gasteiger partial charge >= 0.3 is 6.03 Å². The molecule has 2 heterocycles. The molecule has 2 aromatic rings. The lowest BCUT2D eigenvalue weighted by atomic mass is 9.95. The normalized spacial score (nSPS) is 15.0. The molecule has 1 saturated carbocycles. The Morgan fingerprint density at radius 3 is 2.96 bits per heavy atom. The fourth-order valence-electron chi connectivity index (χ4n) is 3.36. The van der Waals surface area contributed by atoms with Gasteiger partial charge in [0.2, 0.25) is 5.89 Å². The number of ether oxygens (including phenoxy) is 1. The van der Waals surface area contributed by atoms with Crippen LogP contribution in [-0.4, -0.2) is 49.5 Å². The summed E-state index contributed by atoms with van der Waals surface area (Å²) in [5, 5.41) is 14.9. The third-order valence-corrected chi connectivity index (χ3v) is 4.79. The van der Waals surface area contributed by atoms with E-state index < -0.39 is 0 Å². The third kappa shape index (κ3) is 5.03. The van der Waals surface area contributed by atoms with Crippen molar-refractivity contribution in [1.82, 2.24) is 35.1 Å². The number of nitrogens with one attached hydrogen (secondary N) is 1. The molecule has 1 aliphatic rings. The second-order valence-corrected chi connectivity index (χ2v) is 6.66. The first-order valence-corrected chi connectivity index (χ1v) is 9.42. The number of urea groups is 1. The standard InChI is InChI=1S/C17H27N7O3/c1-3-23(10-16-20-14(11-26-2)22-27-16)17(25)18-9-15-21-19-12-24(15)13-7-5-4-6-8-13/h12-13H,3-11H2,1-2H3,(H,18,25). The van der Waals surface area contributed by atoms with E-state index in [4.69, 9.17) is 9.26 Å². The van der Waals surface area contributed by atoms with Crippen LogP contribution in [0.5, 0.6) is 0 Å². The quantitative estimate of drug-likeness (QED) is 0.749. The van der Waals surface area contributed by atoms with E-state index in [1.807, 2.05) is 6.92 Å². The minimum absolute atomic E-state index is 0.206.